The van der Waals surface area contributed by atoms with Gasteiger partial charge in [-0.2, -0.15) is 18.2 Å². The van der Waals surface area contributed by atoms with Crippen molar-refractivity contribution in [2.75, 3.05) is 45.7 Å². The number of hydrogen-bond acceptors (Lipinski definition) is 9. The minimum absolute atomic E-state index is 0.0185. The standard InChI is InChI=1S/C20H33NO8S/c1-3-5-6-18-7-9-19(10-8-18)27-15-20(14-25-13-4-2)28-16-26-17-30(23,24)29-21-11-12-22/h4,7-10,20-22H,2-3,5-6,11-17H2,1H3. The Hall–Kier alpha value is -1.53. The second-order valence-electron chi connectivity index (χ2n) is 6.37. The van der Waals surface area contributed by atoms with Gasteiger partial charge in [0.1, 0.15) is 25.3 Å². The third kappa shape index (κ3) is 12.9. The third-order valence-electron chi connectivity index (χ3n) is 3.73. The fourth-order valence-corrected chi connectivity index (χ4v) is 2.81. The Morgan fingerprint density at radius 1 is 1.20 bits per heavy atom. The number of unbranched alkanes of at least 4 members (excludes halogenated alkanes) is 1. The van der Waals surface area contributed by atoms with Crippen molar-refractivity contribution in [2.24, 2.45) is 0 Å². The molecule has 2 N–H and O–H groups in total. The van der Waals surface area contributed by atoms with Gasteiger partial charge in [-0.15, -0.1) is 6.58 Å². The molecule has 0 saturated carbocycles. The lowest BCUT2D eigenvalue weighted by Gasteiger charge is -2.18. The summed E-state index contributed by atoms with van der Waals surface area (Å²) < 4.78 is 49.2. The Kier molecular flexibility index (Phi) is 14.3. The van der Waals surface area contributed by atoms with Gasteiger partial charge in [0, 0.05) is 6.54 Å². The summed E-state index contributed by atoms with van der Waals surface area (Å²) >= 11 is 0. The summed E-state index contributed by atoms with van der Waals surface area (Å²) in [5.41, 5.74) is 3.37. The first kappa shape index (κ1) is 26.5. The molecule has 172 valence electrons. The van der Waals surface area contributed by atoms with E-state index in [2.05, 4.69) is 23.3 Å². The van der Waals surface area contributed by atoms with Gasteiger partial charge in [0.15, 0.2) is 5.94 Å². The van der Waals surface area contributed by atoms with Crippen LogP contribution in [-0.4, -0.2) is 65.3 Å². The number of aliphatic hydroxyl groups is 1. The molecule has 1 unspecified atom stereocenters. The van der Waals surface area contributed by atoms with E-state index in [9.17, 15) is 8.42 Å². The zero-order valence-electron chi connectivity index (χ0n) is 17.5. The van der Waals surface area contributed by atoms with Crippen molar-refractivity contribution in [2.45, 2.75) is 32.3 Å². The normalized spacial score (nSPS) is 12.6. The van der Waals surface area contributed by atoms with Crippen LogP contribution in [0.3, 0.4) is 0 Å². The van der Waals surface area contributed by atoms with E-state index in [1.54, 1.807) is 6.08 Å². The molecule has 1 aromatic rings. The van der Waals surface area contributed by atoms with Crippen LogP contribution in [0.1, 0.15) is 25.3 Å². The topological polar surface area (TPSA) is 113 Å². The highest BCUT2D eigenvalue weighted by molar-refractivity contribution is 7.86. The zero-order valence-corrected chi connectivity index (χ0v) is 18.3. The largest absolute Gasteiger partial charge is 0.491 e. The number of hydroxylamine groups is 1. The zero-order chi connectivity index (χ0) is 22.1. The maximum Gasteiger partial charge on any atom is 0.307 e. The summed E-state index contributed by atoms with van der Waals surface area (Å²) in [5.74, 6) is 0.00516. The predicted octanol–water partition coefficient (Wildman–Crippen LogP) is 1.77. The van der Waals surface area contributed by atoms with Crippen LogP contribution in [0.25, 0.3) is 0 Å². The van der Waals surface area contributed by atoms with E-state index in [-0.39, 0.29) is 33.2 Å². The summed E-state index contributed by atoms with van der Waals surface area (Å²) in [6, 6.07) is 7.89. The van der Waals surface area contributed by atoms with Gasteiger partial charge in [0.05, 0.1) is 19.8 Å². The van der Waals surface area contributed by atoms with Gasteiger partial charge in [-0.3, -0.25) is 0 Å². The van der Waals surface area contributed by atoms with Crippen LogP contribution in [0.4, 0.5) is 0 Å². The van der Waals surface area contributed by atoms with Gasteiger partial charge in [0.25, 0.3) is 0 Å². The van der Waals surface area contributed by atoms with Crippen LogP contribution >= 0.6 is 0 Å². The van der Waals surface area contributed by atoms with Gasteiger partial charge in [-0.05, 0) is 30.5 Å². The molecule has 0 aliphatic rings. The monoisotopic (exact) mass is 447 g/mol. The van der Waals surface area contributed by atoms with Gasteiger partial charge in [-0.1, -0.05) is 31.6 Å². The Balaban J connectivity index is 2.41. The van der Waals surface area contributed by atoms with Gasteiger partial charge < -0.3 is 24.1 Å². The first-order valence-corrected chi connectivity index (χ1v) is 11.4. The van der Waals surface area contributed by atoms with Crippen molar-refractivity contribution in [3.8, 4) is 5.75 Å². The number of ether oxygens (including phenoxy) is 4. The summed E-state index contributed by atoms with van der Waals surface area (Å²) in [5, 5.41) is 8.59. The predicted molar refractivity (Wildman–Crippen MR) is 112 cm³/mol. The maximum atomic E-state index is 11.6. The van der Waals surface area contributed by atoms with Gasteiger partial charge >= 0.3 is 10.1 Å². The van der Waals surface area contributed by atoms with Crippen molar-refractivity contribution >= 4 is 10.1 Å². The molecule has 1 aromatic carbocycles. The van der Waals surface area contributed by atoms with Gasteiger partial charge in [0.2, 0.25) is 0 Å². The van der Waals surface area contributed by atoms with E-state index >= 15 is 0 Å². The average molecular weight is 448 g/mol. The Bertz CT molecular complexity index is 666. The van der Waals surface area contributed by atoms with Crippen LogP contribution in [0.2, 0.25) is 0 Å². The Morgan fingerprint density at radius 2 is 1.97 bits per heavy atom. The summed E-state index contributed by atoms with van der Waals surface area (Å²) in [6.45, 7) is 5.97. The molecule has 1 atom stereocenters. The maximum absolute atomic E-state index is 11.6. The molecule has 1 rings (SSSR count). The van der Waals surface area contributed by atoms with E-state index in [0.717, 1.165) is 19.3 Å². The van der Waals surface area contributed by atoms with E-state index in [1.165, 1.54) is 5.56 Å². The Labute approximate surface area is 179 Å². The number of benzene rings is 1. The average Bonchev–Trinajstić information content (AvgIpc) is 2.74. The lowest BCUT2D eigenvalue weighted by atomic mass is 10.1. The molecule has 0 amide bonds. The first-order chi connectivity index (χ1) is 14.5. The molecule has 0 aliphatic carbocycles. The lowest BCUT2D eigenvalue weighted by molar-refractivity contribution is -0.111. The van der Waals surface area contributed by atoms with Crippen molar-refractivity contribution in [3.05, 3.63) is 42.5 Å². The minimum atomic E-state index is -3.94. The van der Waals surface area contributed by atoms with Crippen LogP contribution in [0.15, 0.2) is 36.9 Å². The smallest absolute Gasteiger partial charge is 0.307 e. The second kappa shape index (κ2) is 16.2. The van der Waals surface area contributed by atoms with Crippen LogP contribution in [-0.2, 0) is 35.0 Å². The van der Waals surface area contributed by atoms with Crippen LogP contribution in [0.5, 0.6) is 5.75 Å². The van der Waals surface area contributed by atoms with E-state index in [1.807, 2.05) is 24.3 Å². The molecular weight excluding hydrogens is 414 g/mol. The number of aliphatic hydroxyl groups excluding tert-OH is 1. The molecule has 0 bridgehead atoms. The number of nitrogens with one attached hydrogen (secondary N) is 1. The lowest BCUT2D eigenvalue weighted by Crippen LogP contribution is -2.30. The van der Waals surface area contributed by atoms with Crippen molar-refractivity contribution < 1.29 is 36.8 Å². The highest BCUT2D eigenvalue weighted by Gasteiger charge is 2.14. The quantitative estimate of drug-likeness (QED) is 0.142. The first-order valence-electron chi connectivity index (χ1n) is 9.85. The van der Waals surface area contributed by atoms with Crippen molar-refractivity contribution in [3.63, 3.8) is 0 Å². The van der Waals surface area contributed by atoms with Gasteiger partial charge in [-0.25, -0.2) is 0 Å². The minimum Gasteiger partial charge on any atom is -0.491 e. The fraction of sp³-hybridized carbons (Fsp3) is 0.600. The molecule has 0 radical (unpaired) electrons. The molecule has 9 nitrogen and oxygen atoms in total. The molecule has 10 heteroatoms. The van der Waals surface area contributed by atoms with Crippen LogP contribution in [0, 0.1) is 0 Å². The van der Waals surface area contributed by atoms with E-state index in [4.69, 9.17) is 24.1 Å². The number of aryl methyl sites for hydroxylation is 1. The van der Waals surface area contributed by atoms with E-state index in [0.29, 0.717) is 12.4 Å². The molecular formula is C20H33NO8S. The third-order valence-corrected chi connectivity index (χ3v) is 4.56. The summed E-state index contributed by atoms with van der Waals surface area (Å²) in [7, 11) is -3.94. The number of rotatable bonds is 19. The second-order valence-corrected chi connectivity index (χ2v) is 7.89. The van der Waals surface area contributed by atoms with Crippen molar-refractivity contribution in [1.29, 1.82) is 0 Å². The summed E-state index contributed by atoms with van der Waals surface area (Å²) in [6.07, 6.45) is 4.48. The van der Waals surface area contributed by atoms with E-state index < -0.39 is 22.2 Å². The molecule has 0 aliphatic heterocycles. The molecule has 30 heavy (non-hydrogen) atoms. The highest BCUT2D eigenvalue weighted by Crippen LogP contribution is 2.14. The molecule has 0 aromatic heterocycles. The fourth-order valence-electron chi connectivity index (χ4n) is 2.23. The highest BCUT2D eigenvalue weighted by atomic mass is 32.2. The number of hydrogen-bond donors (Lipinski definition) is 2. The molecule has 0 heterocycles. The molecule has 0 spiro atoms. The molecule has 0 saturated heterocycles. The molecule has 0 fully saturated rings. The SMILES string of the molecule is C=CCOCC(COc1ccc(CCCC)cc1)OCOCS(=O)(=O)ONCCO. The van der Waals surface area contributed by atoms with Crippen LogP contribution < -0.4 is 10.2 Å². The van der Waals surface area contributed by atoms with Crippen molar-refractivity contribution in [1.82, 2.24) is 5.48 Å². The Morgan fingerprint density at radius 3 is 2.63 bits per heavy atom. The summed E-state index contributed by atoms with van der Waals surface area (Å²) in [4.78, 5) is 0.